The Morgan fingerprint density at radius 1 is 0.938 bits per heavy atom. The SMILES string of the molecule is FC(F)(F)c1ccccc1-c1c[c]ccc1. The van der Waals surface area contributed by atoms with E-state index in [0.29, 0.717) is 5.56 Å². The van der Waals surface area contributed by atoms with Crippen molar-refractivity contribution in [1.82, 2.24) is 0 Å². The summed E-state index contributed by atoms with van der Waals surface area (Å²) in [6.07, 6.45) is -4.33. The summed E-state index contributed by atoms with van der Waals surface area (Å²) in [7, 11) is 0. The van der Waals surface area contributed by atoms with Crippen molar-refractivity contribution < 1.29 is 13.2 Å². The highest BCUT2D eigenvalue weighted by atomic mass is 19.4. The standard InChI is InChI=1S/C13H8F3/c14-13(15,16)12-9-5-4-8-11(12)10-6-2-1-3-7-10/h1-2,4-9H. The van der Waals surface area contributed by atoms with Gasteiger partial charge in [-0.15, -0.1) is 0 Å². The van der Waals surface area contributed by atoms with E-state index in [4.69, 9.17) is 0 Å². The molecule has 0 saturated heterocycles. The molecule has 0 aliphatic heterocycles. The maximum Gasteiger partial charge on any atom is 0.417 e. The Hall–Kier alpha value is -1.77. The molecule has 0 atom stereocenters. The molecule has 0 fully saturated rings. The zero-order valence-electron chi connectivity index (χ0n) is 8.25. The Morgan fingerprint density at radius 3 is 2.31 bits per heavy atom. The smallest absolute Gasteiger partial charge is 0.166 e. The molecule has 16 heavy (non-hydrogen) atoms. The van der Waals surface area contributed by atoms with Crippen LogP contribution < -0.4 is 0 Å². The first-order valence-corrected chi connectivity index (χ1v) is 4.72. The zero-order chi connectivity index (χ0) is 11.6. The molecule has 2 aromatic rings. The summed E-state index contributed by atoms with van der Waals surface area (Å²) in [5, 5.41) is 0. The van der Waals surface area contributed by atoms with E-state index >= 15 is 0 Å². The van der Waals surface area contributed by atoms with Gasteiger partial charge in [0.15, 0.2) is 0 Å². The van der Waals surface area contributed by atoms with Crippen LogP contribution in [0.5, 0.6) is 0 Å². The molecule has 0 heterocycles. The van der Waals surface area contributed by atoms with Crippen molar-refractivity contribution in [2.75, 3.05) is 0 Å². The van der Waals surface area contributed by atoms with E-state index in [9.17, 15) is 13.2 Å². The Bertz CT molecular complexity index is 472. The van der Waals surface area contributed by atoms with Crippen molar-refractivity contribution in [3.63, 3.8) is 0 Å². The summed E-state index contributed by atoms with van der Waals surface area (Å²) in [4.78, 5) is 0. The van der Waals surface area contributed by atoms with Crippen LogP contribution in [0.2, 0.25) is 0 Å². The van der Waals surface area contributed by atoms with Gasteiger partial charge in [0.2, 0.25) is 0 Å². The van der Waals surface area contributed by atoms with Gasteiger partial charge in [0.05, 0.1) is 5.56 Å². The summed E-state index contributed by atoms with van der Waals surface area (Å²) >= 11 is 0. The molecule has 0 saturated carbocycles. The zero-order valence-corrected chi connectivity index (χ0v) is 8.25. The first kappa shape index (κ1) is 10.7. The van der Waals surface area contributed by atoms with E-state index < -0.39 is 11.7 Å². The molecule has 0 bridgehead atoms. The van der Waals surface area contributed by atoms with E-state index in [-0.39, 0.29) is 5.56 Å². The predicted molar refractivity (Wildman–Crippen MR) is 55.7 cm³/mol. The molecule has 0 nitrogen and oxygen atoms in total. The number of benzene rings is 2. The van der Waals surface area contributed by atoms with Crippen LogP contribution in [-0.4, -0.2) is 0 Å². The lowest BCUT2D eigenvalue weighted by atomic mass is 9.99. The molecular weight excluding hydrogens is 213 g/mol. The number of rotatable bonds is 1. The average molecular weight is 221 g/mol. The lowest BCUT2D eigenvalue weighted by Gasteiger charge is -2.12. The van der Waals surface area contributed by atoms with Crippen molar-refractivity contribution in [2.45, 2.75) is 6.18 Å². The molecule has 2 rings (SSSR count). The van der Waals surface area contributed by atoms with Gasteiger partial charge in [0, 0.05) is 0 Å². The first-order valence-electron chi connectivity index (χ1n) is 4.72. The van der Waals surface area contributed by atoms with Crippen LogP contribution in [-0.2, 0) is 6.18 Å². The van der Waals surface area contributed by atoms with Gasteiger partial charge < -0.3 is 0 Å². The summed E-state index contributed by atoms with van der Waals surface area (Å²) in [5.74, 6) is 0. The fraction of sp³-hybridized carbons (Fsp3) is 0.0769. The minimum absolute atomic E-state index is 0.187. The molecule has 2 aromatic carbocycles. The van der Waals surface area contributed by atoms with Crippen molar-refractivity contribution in [1.29, 1.82) is 0 Å². The maximum absolute atomic E-state index is 12.7. The fourth-order valence-corrected chi connectivity index (χ4v) is 1.54. The Morgan fingerprint density at radius 2 is 1.69 bits per heavy atom. The Balaban J connectivity index is 2.58. The minimum atomic E-state index is -4.33. The van der Waals surface area contributed by atoms with Gasteiger partial charge in [0.1, 0.15) is 0 Å². The second-order valence-corrected chi connectivity index (χ2v) is 3.34. The van der Waals surface area contributed by atoms with Gasteiger partial charge in [0.25, 0.3) is 0 Å². The molecule has 0 aromatic heterocycles. The largest absolute Gasteiger partial charge is 0.417 e. The van der Waals surface area contributed by atoms with Crippen LogP contribution in [0.4, 0.5) is 13.2 Å². The summed E-state index contributed by atoms with van der Waals surface area (Å²) < 4.78 is 38.2. The van der Waals surface area contributed by atoms with Crippen molar-refractivity contribution in [3.8, 4) is 11.1 Å². The van der Waals surface area contributed by atoms with Crippen LogP contribution in [0, 0.1) is 6.07 Å². The van der Waals surface area contributed by atoms with E-state index in [1.165, 1.54) is 12.1 Å². The van der Waals surface area contributed by atoms with Gasteiger partial charge in [-0.3, -0.25) is 0 Å². The van der Waals surface area contributed by atoms with Crippen LogP contribution in [0.15, 0.2) is 48.5 Å². The van der Waals surface area contributed by atoms with Crippen LogP contribution in [0.25, 0.3) is 11.1 Å². The second-order valence-electron chi connectivity index (χ2n) is 3.34. The fourth-order valence-electron chi connectivity index (χ4n) is 1.54. The molecule has 0 unspecified atom stereocenters. The topological polar surface area (TPSA) is 0 Å². The number of hydrogen-bond acceptors (Lipinski definition) is 0. The van der Waals surface area contributed by atoms with Gasteiger partial charge in [-0.1, -0.05) is 36.4 Å². The van der Waals surface area contributed by atoms with Crippen molar-refractivity contribution >= 4 is 0 Å². The molecule has 0 aliphatic rings. The third-order valence-electron chi connectivity index (χ3n) is 2.25. The summed E-state index contributed by atoms with van der Waals surface area (Å²) in [5.41, 5.74) is 0.0943. The van der Waals surface area contributed by atoms with E-state index in [0.717, 1.165) is 6.07 Å². The van der Waals surface area contributed by atoms with E-state index in [2.05, 4.69) is 6.07 Å². The molecular formula is C13H8F3. The quantitative estimate of drug-likeness (QED) is 0.677. The highest BCUT2D eigenvalue weighted by molar-refractivity contribution is 5.67. The van der Waals surface area contributed by atoms with Crippen molar-refractivity contribution in [2.24, 2.45) is 0 Å². The lowest BCUT2D eigenvalue weighted by Crippen LogP contribution is -2.06. The predicted octanol–water partition coefficient (Wildman–Crippen LogP) is 4.17. The lowest BCUT2D eigenvalue weighted by molar-refractivity contribution is -0.137. The second kappa shape index (κ2) is 4.00. The van der Waals surface area contributed by atoms with Crippen LogP contribution >= 0.6 is 0 Å². The number of halogens is 3. The molecule has 3 heteroatoms. The molecule has 0 spiro atoms. The number of alkyl halides is 3. The van der Waals surface area contributed by atoms with Gasteiger partial charge in [-0.2, -0.15) is 13.2 Å². The monoisotopic (exact) mass is 221 g/mol. The third-order valence-corrected chi connectivity index (χ3v) is 2.25. The molecule has 81 valence electrons. The molecule has 0 amide bonds. The number of hydrogen-bond donors (Lipinski definition) is 0. The summed E-state index contributed by atoms with van der Waals surface area (Å²) in [6.45, 7) is 0. The van der Waals surface area contributed by atoms with Gasteiger partial charge in [-0.25, -0.2) is 0 Å². The van der Waals surface area contributed by atoms with E-state index in [1.807, 2.05) is 0 Å². The van der Waals surface area contributed by atoms with Crippen LogP contribution in [0.1, 0.15) is 5.56 Å². The highest BCUT2D eigenvalue weighted by Gasteiger charge is 2.33. The normalized spacial score (nSPS) is 11.4. The maximum atomic E-state index is 12.7. The van der Waals surface area contributed by atoms with Crippen LogP contribution in [0.3, 0.4) is 0 Å². The highest BCUT2D eigenvalue weighted by Crippen LogP contribution is 2.36. The minimum Gasteiger partial charge on any atom is -0.166 e. The molecule has 0 N–H and O–H groups in total. The Kier molecular flexibility index (Phi) is 2.69. The molecule has 0 aliphatic carbocycles. The van der Waals surface area contributed by atoms with Gasteiger partial charge in [-0.05, 0) is 29.3 Å². The average Bonchev–Trinajstić information content (AvgIpc) is 2.29. The first-order chi connectivity index (χ1) is 7.59. The molecule has 1 radical (unpaired) electrons. The van der Waals surface area contributed by atoms with Gasteiger partial charge >= 0.3 is 6.18 Å². The summed E-state index contributed by atoms with van der Waals surface area (Å²) in [6, 6.07) is 14.8. The van der Waals surface area contributed by atoms with E-state index in [1.54, 1.807) is 30.3 Å². The Labute approximate surface area is 91.4 Å². The third kappa shape index (κ3) is 2.08. The van der Waals surface area contributed by atoms with Crippen molar-refractivity contribution in [3.05, 3.63) is 60.2 Å².